The molecule has 0 saturated carbocycles. The number of nitrogens with zero attached hydrogens (tertiary/aromatic N) is 3. The second-order valence-electron chi connectivity index (χ2n) is 1.84. The maximum atomic E-state index is 11.0. The topological polar surface area (TPSA) is 101 Å². The van der Waals surface area contributed by atoms with Crippen molar-refractivity contribution < 1.29 is 19.1 Å². The summed E-state index contributed by atoms with van der Waals surface area (Å²) in [5, 5.41) is 3.00. The van der Waals surface area contributed by atoms with Crippen molar-refractivity contribution in [2.24, 2.45) is 5.11 Å². The van der Waals surface area contributed by atoms with Crippen molar-refractivity contribution >= 4 is 27.9 Å². The summed E-state index contributed by atoms with van der Waals surface area (Å²) in [7, 11) is 2.21. The average Bonchev–Trinajstić information content (AvgIpc) is 2.22. The fraction of sp³-hybridized carbons (Fsp3) is 0.333. The van der Waals surface area contributed by atoms with Gasteiger partial charge in [-0.05, 0) is 21.5 Å². The summed E-state index contributed by atoms with van der Waals surface area (Å²) < 4.78 is 8.29. The third kappa shape index (κ3) is 3.08. The van der Waals surface area contributed by atoms with Crippen LogP contribution in [0.4, 0.5) is 0 Å². The summed E-state index contributed by atoms with van der Waals surface area (Å²) in [6.45, 7) is 0. The molecule has 0 atom stereocenters. The second-order valence-corrected chi connectivity index (χ2v) is 2.63. The van der Waals surface area contributed by atoms with Crippen LogP contribution in [0.25, 0.3) is 10.4 Å². The first kappa shape index (κ1) is 12.5. The Bertz CT molecular complexity index is 332. The van der Waals surface area contributed by atoms with Gasteiger partial charge in [0.2, 0.25) is 0 Å². The largest absolute Gasteiger partial charge is 0.465 e. The lowest BCUT2D eigenvalue weighted by Gasteiger charge is -2.01. The number of carbonyl (C=O) groups excluding carboxylic acids is 2. The number of azide groups is 1. The molecule has 0 aromatic rings. The van der Waals surface area contributed by atoms with Crippen LogP contribution >= 0.6 is 15.9 Å². The number of methoxy groups -OCH3 is 2. The Labute approximate surface area is 87.4 Å². The van der Waals surface area contributed by atoms with Crippen LogP contribution in [0.5, 0.6) is 0 Å². The second kappa shape index (κ2) is 6.01. The van der Waals surface area contributed by atoms with Crippen LogP contribution in [-0.4, -0.2) is 26.2 Å². The summed E-state index contributed by atoms with van der Waals surface area (Å²) in [4.78, 5) is 24.3. The Hall–Kier alpha value is -1.53. The Morgan fingerprint density at radius 1 is 1.29 bits per heavy atom. The lowest BCUT2D eigenvalue weighted by Crippen LogP contribution is -2.09. The lowest BCUT2D eigenvalue weighted by atomic mass is 10.4. The first-order chi connectivity index (χ1) is 6.58. The van der Waals surface area contributed by atoms with Gasteiger partial charge in [0.05, 0.1) is 14.2 Å². The van der Waals surface area contributed by atoms with Gasteiger partial charge in [0.15, 0.2) is 0 Å². The molecule has 0 bridgehead atoms. The highest BCUT2D eigenvalue weighted by molar-refractivity contribution is 9.12. The van der Waals surface area contributed by atoms with Gasteiger partial charge >= 0.3 is 11.9 Å². The molecule has 0 amide bonds. The van der Waals surface area contributed by atoms with Gasteiger partial charge in [-0.2, -0.15) is 0 Å². The fourth-order valence-corrected chi connectivity index (χ4v) is 0.905. The molecule has 0 N–H and O–H groups in total. The lowest BCUT2D eigenvalue weighted by molar-refractivity contribution is -0.138. The number of rotatable bonds is 3. The van der Waals surface area contributed by atoms with Crippen LogP contribution in [0.15, 0.2) is 15.3 Å². The third-order valence-electron chi connectivity index (χ3n) is 1.10. The van der Waals surface area contributed by atoms with Crippen molar-refractivity contribution in [2.45, 2.75) is 0 Å². The van der Waals surface area contributed by atoms with Gasteiger partial charge < -0.3 is 9.47 Å². The predicted octanol–water partition coefficient (Wildman–Crippen LogP) is 1.25. The Balaban J connectivity index is 5.25. The molecule has 0 rings (SSSR count). The van der Waals surface area contributed by atoms with Crippen molar-refractivity contribution in [3.8, 4) is 0 Å². The van der Waals surface area contributed by atoms with E-state index >= 15 is 0 Å². The Kier molecular flexibility index (Phi) is 5.35. The summed E-state index contributed by atoms with van der Waals surface area (Å²) in [6, 6.07) is 0. The fourth-order valence-electron chi connectivity index (χ4n) is 0.502. The Morgan fingerprint density at radius 3 is 2.14 bits per heavy atom. The zero-order valence-corrected chi connectivity index (χ0v) is 8.94. The molecule has 8 heteroatoms. The van der Waals surface area contributed by atoms with Gasteiger partial charge in [0.25, 0.3) is 0 Å². The van der Waals surface area contributed by atoms with Crippen LogP contribution in [0.2, 0.25) is 0 Å². The SMILES string of the molecule is COC(=O)/C(Br)=C(\N=[N+]=[N-])C(=O)OC. The molecule has 0 aromatic heterocycles. The Morgan fingerprint density at radius 2 is 1.79 bits per heavy atom. The van der Waals surface area contributed by atoms with E-state index in [0.29, 0.717) is 0 Å². The van der Waals surface area contributed by atoms with Crippen molar-refractivity contribution in [1.29, 1.82) is 0 Å². The first-order valence-electron chi connectivity index (χ1n) is 3.20. The number of ether oxygens (including phenoxy) is 2. The van der Waals surface area contributed by atoms with E-state index in [1.54, 1.807) is 0 Å². The van der Waals surface area contributed by atoms with Gasteiger partial charge in [0.1, 0.15) is 10.2 Å². The molecule has 7 nitrogen and oxygen atoms in total. The van der Waals surface area contributed by atoms with E-state index in [4.69, 9.17) is 5.53 Å². The summed E-state index contributed by atoms with van der Waals surface area (Å²) in [5.41, 5.74) is 7.64. The smallest absolute Gasteiger partial charge is 0.345 e. The molecule has 0 spiro atoms. The van der Waals surface area contributed by atoms with Gasteiger partial charge in [-0.15, -0.1) is 0 Å². The van der Waals surface area contributed by atoms with Gasteiger partial charge in [0, 0.05) is 4.91 Å². The van der Waals surface area contributed by atoms with Crippen LogP contribution in [0.3, 0.4) is 0 Å². The minimum absolute atomic E-state index is 0.287. The van der Waals surface area contributed by atoms with Crippen molar-refractivity contribution in [3.05, 3.63) is 20.6 Å². The molecule has 0 fully saturated rings. The highest BCUT2D eigenvalue weighted by atomic mass is 79.9. The maximum Gasteiger partial charge on any atom is 0.345 e. The third-order valence-corrected chi connectivity index (χ3v) is 1.80. The van der Waals surface area contributed by atoms with Crippen molar-refractivity contribution in [1.82, 2.24) is 0 Å². The molecule has 0 aliphatic carbocycles. The van der Waals surface area contributed by atoms with Gasteiger partial charge in [-0.1, -0.05) is 5.11 Å². The van der Waals surface area contributed by atoms with Gasteiger partial charge in [-0.3, -0.25) is 0 Å². The molecule has 0 unspecified atom stereocenters. The quantitative estimate of drug-likeness (QED) is 0.251. The summed E-state index contributed by atoms with van der Waals surface area (Å²) >= 11 is 2.75. The van der Waals surface area contributed by atoms with Crippen molar-refractivity contribution in [2.75, 3.05) is 14.2 Å². The van der Waals surface area contributed by atoms with E-state index in [2.05, 4.69) is 35.4 Å². The molecule has 0 aromatic carbocycles. The molecule has 0 aliphatic rings. The molecule has 76 valence electrons. The van der Waals surface area contributed by atoms with E-state index in [1.165, 1.54) is 0 Å². The standard InChI is InChI=1S/C6H6BrN3O4/c1-13-5(11)3(7)4(9-10-8)6(12)14-2/h1-2H3/b4-3+. The first-order valence-corrected chi connectivity index (χ1v) is 3.99. The minimum atomic E-state index is -0.930. The highest BCUT2D eigenvalue weighted by Crippen LogP contribution is 2.16. The molecular weight excluding hydrogens is 258 g/mol. The van der Waals surface area contributed by atoms with E-state index in [1.807, 2.05) is 0 Å². The molecule has 0 heterocycles. The highest BCUT2D eigenvalue weighted by Gasteiger charge is 2.18. The normalized spacial score (nSPS) is 10.8. The van der Waals surface area contributed by atoms with E-state index in [0.717, 1.165) is 14.2 Å². The van der Waals surface area contributed by atoms with E-state index in [9.17, 15) is 9.59 Å². The monoisotopic (exact) mass is 263 g/mol. The number of hydrogen-bond donors (Lipinski definition) is 0. The zero-order chi connectivity index (χ0) is 11.1. The predicted molar refractivity (Wildman–Crippen MR) is 49.1 cm³/mol. The van der Waals surface area contributed by atoms with E-state index in [-0.39, 0.29) is 4.48 Å². The minimum Gasteiger partial charge on any atom is -0.465 e. The molecule has 0 radical (unpaired) electrons. The molecule has 0 saturated heterocycles. The summed E-state index contributed by atoms with van der Waals surface area (Å²) in [6.07, 6.45) is 0. The number of halogens is 1. The van der Waals surface area contributed by atoms with Crippen LogP contribution in [-0.2, 0) is 19.1 Å². The van der Waals surface area contributed by atoms with Crippen LogP contribution in [0.1, 0.15) is 0 Å². The van der Waals surface area contributed by atoms with Crippen LogP contribution in [0, 0.1) is 0 Å². The van der Waals surface area contributed by atoms with Crippen molar-refractivity contribution in [3.63, 3.8) is 0 Å². The summed E-state index contributed by atoms with van der Waals surface area (Å²) in [5.74, 6) is -1.77. The van der Waals surface area contributed by atoms with E-state index < -0.39 is 17.6 Å². The molecular formula is C6H6BrN3O4. The van der Waals surface area contributed by atoms with Gasteiger partial charge in [-0.25, -0.2) is 9.59 Å². The number of hydrogen-bond acceptors (Lipinski definition) is 5. The zero-order valence-electron chi connectivity index (χ0n) is 7.35. The van der Waals surface area contributed by atoms with Crippen LogP contribution < -0.4 is 0 Å². The number of carbonyl (C=O) groups is 2. The maximum absolute atomic E-state index is 11.0. The number of esters is 2. The molecule has 0 aliphatic heterocycles. The average molecular weight is 264 g/mol. The molecule has 14 heavy (non-hydrogen) atoms.